The summed E-state index contributed by atoms with van der Waals surface area (Å²) >= 11 is 0. The summed E-state index contributed by atoms with van der Waals surface area (Å²) in [6.45, 7) is 0.888. The number of halogens is 1. The molecule has 0 unspecified atom stereocenters. The van der Waals surface area contributed by atoms with Gasteiger partial charge in [0.05, 0.1) is 18.8 Å². The molecule has 1 heterocycles. The number of rotatable bonds is 4. The summed E-state index contributed by atoms with van der Waals surface area (Å²) in [5, 5.41) is 10.3. The van der Waals surface area contributed by atoms with Crippen LogP contribution in [-0.4, -0.2) is 42.2 Å². The molecule has 1 fully saturated rings. The van der Waals surface area contributed by atoms with Gasteiger partial charge in [0.15, 0.2) is 0 Å². The minimum Gasteiger partial charge on any atom is -0.496 e. The molecule has 5 heteroatoms. The SMILES string of the molecule is COc1ccc(F)cc1C(=O)N1CC[C@@H](O)[C@H](Cc2ccccc2)C1. The standard InChI is InChI=1S/C20H22FNO3/c1-25-19-8-7-16(21)12-17(19)20(24)22-10-9-18(23)15(13-22)11-14-5-3-2-4-6-14/h2-8,12,15,18,23H,9-11,13H2,1H3/t15-,18-/m1/s1. The lowest BCUT2D eigenvalue weighted by Gasteiger charge is -2.36. The van der Waals surface area contributed by atoms with Crippen LogP contribution in [-0.2, 0) is 6.42 Å². The van der Waals surface area contributed by atoms with Crippen molar-refractivity contribution in [2.45, 2.75) is 18.9 Å². The minimum absolute atomic E-state index is 0.0420. The topological polar surface area (TPSA) is 49.8 Å². The molecule has 132 valence electrons. The van der Waals surface area contributed by atoms with Gasteiger partial charge in [0, 0.05) is 19.0 Å². The van der Waals surface area contributed by atoms with Crippen LogP contribution in [0.25, 0.3) is 0 Å². The number of aliphatic hydroxyl groups excluding tert-OH is 1. The van der Waals surface area contributed by atoms with Gasteiger partial charge in [-0.2, -0.15) is 0 Å². The number of carbonyl (C=O) groups is 1. The predicted octanol–water partition coefficient (Wildman–Crippen LogP) is 2.90. The molecule has 1 amide bonds. The number of piperidine rings is 1. The highest BCUT2D eigenvalue weighted by Crippen LogP contribution is 2.26. The van der Waals surface area contributed by atoms with Crippen LogP contribution in [0.1, 0.15) is 22.3 Å². The first kappa shape index (κ1) is 17.4. The van der Waals surface area contributed by atoms with E-state index in [1.54, 1.807) is 4.90 Å². The number of likely N-dealkylation sites (tertiary alicyclic amines) is 1. The average molecular weight is 343 g/mol. The molecule has 0 saturated carbocycles. The lowest BCUT2D eigenvalue weighted by Crippen LogP contribution is -2.46. The van der Waals surface area contributed by atoms with Crippen LogP contribution in [0, 0.1) is 11.7 Å². The van der Waals surface area contributed by atoms with Crippen LogP contribution in [0.2, 0.25) is 0 Å². The van der Waals surface area contributed by atoms with Gasteiger partial charge in [-0.05, 0) is 36.6 Å². The van der Waals surface area contributed by atoms with Crippen molar-refractivity contribution in [3.8, 4) is 5.75 Å². The number of methoxy groups -OCH3 is 1. The maximum Gasteiger partial charge on any atom is 0.257 e. The van der Waals surface area contributed by atoms with Gasteiger partial charge >= 0.3 is 0 Å². The third-order valence-electron chi connectivity index (χ3n) is 4.71. The molecule has 0 spiro atoms. The first-order valence-corrected chi connectivity index (χ1v) is 8.43. The summed E-state index contributed by atoms with van der Waals surface area (Å²) in [5.41, 5.74) is 1.35. The zero-order valence-electron chi connectivity index (χ0n) is 14.2. The van der Waals surface area contributed by atoms with E-state index in [9.17, 15) is 14.3 Å². The van der Waals surface area contributed by atoms with Crippen LogP contribution < -0.4 is 4.74 Å². The lowest BCUT2D eigenvalue weighted by molar-refractivity contribution is 0.0239. The van der Waals surface area contributed by atoms with Crippen LogP contribution in [0.4, 0.5) is 4.39 Å². The Kier molecular flexibility index (Phi) is 5.34. The third-order valence-corrected chi connectivity index (χ3v) is 4.71. The Morgan fingerprint density at radius 1 is 1.28 bits per heavy atom. The molecule has 2 atom stereocenters. The summed E-state index contributed by atoms with van der Waals surface area (Å²) in [6, 6.07) is 13.9. The molecule has 1 N–H and O–H groups in total. The maximum atomic E-state index is 13.6. The second-order valence-corrected chi connectivity index (χ2v) is 6.40. The Balaban J connectivity index is 1.76. The molecule has 1 saturated heterocycles. The van der Waals surface area contributed by atoms with E-state index in [-0.39, 0.29) is 17.4 Å². The molecule has 1 aliphatic rings. The van der Waals surface area contributed by atoms with E-state index < -0.39 is 11.9 Å². The molecule has 3 rings (SSSR count). The van der Waals surface area contributed by atoms with Crippen LogP contribution in [0.3, 0.4) is 0 Å². The maximum absolute atomic E-state index is 13.6. The first-order chi connectivity index (χ1) is 12.1. The highest BCUT2D eigenvalue weighted by molar-refractivity contribution is 5.97. The second-order valence-electron chi connectivity index (χ2n) is 6.40. The molecule has 4 nitrogen and oxygen atoms in total. The van der Waals surface area contributed by atoms with Crippen LogP contribution in [0.5, 0.6) is 5.75 Å². The van der Waals surface area contributed by atoms with Crippen molar-refractivity contribution in [2.75, 3.05) is 20.2 Å². The number of hydrogen-bond acceptors (Lipinski definition) is 3. The monoisotopic (exact) mass is 343 g/mol. The lowest BCUT2D eigenvalue weighted by atomic mass is 9.88. The van der Waals surface area contributed by atoms with E-state index in [1.807, 2.05) is 30.3 Å². The van der Waals surface area contributed by atoms with Gasteiger partial charge in [-0.15, -0.1) is 0 Å². The van der Waals surface area contributed by atoms with Crippen molar-refractivity contribution in [2.24, 2.45) is 5.92 Å². The van der Waals surface area contributed by atoms with Gasteiger partial charge in [0.25, 0.3) is 5.91 Å². The summed E-state index contributed by atoms with van der Waals surface area (Å²) in [7, 11) is 1.46. The largest absolute Gasteiger partial charge is 0.496 e. The van der Waals surface area contributed by atoms with Crippen LogP contribution >= 0.6 is 0 Å². The molecule has 2 aromatic carbocycles. The van der Waals surface area contributed by atoms with E-state index in [4.69, 9.17) is 4.74 Å². The highest BCUT2D eigenvalue weighted by Gasteiger charge is 2.31. The van der Waals surface area contributed by atoms with Crippen molar-refractivity contribution in [1.29, 1.82) is 0 Å². The summed E-state index contributed by atoms with van der Waals surface area (Å²) in [4.78, 5) is 14.5. The summed E-state index contributed by atoms with van der Waals surface area (Å²) in [5.74, 6) is -0.417. The second kappa shape index (κ2) is 7.66. The summed E-state index contributed by atoms with van der Waals surface area (Å²) in [6.07, 6.45) is 0.770. The number of aliphatic hydroxyl groups is 1. The highest BCUT2D eigenvalue weighted by atomic mass is 19.1. The number of carbonyl (C=O) groups excluding carboxylic acids is 1. The van der Waals surface area contributed by atoms with Gasteiger partial charge in [0.2, 0.25) is 0 Å². The Labute approximate surface area is 146 Å². The average Bonchev–Trinajstić information content (AvgIpc) is 2.64. The quantitative estimate of drug-likeness (QED) is 0.929. The Morgan fingerprint density at radius 3 is 2.76 bits per heavy atom. The van der Waals surface area contributed by atoms with Gasteiger partial charge in [-0.3, -0.25) is 4.79 Å². The van der Waals surface area contributed by atoms with Crippen molar-refractivity contribution < 1.29 is 19.0 Å². The number of benzene rings is 2. The Bertz CT molecular complexity index is 735. The molecular weight excluding hydrogens is 321 g/mol. The van der Waals surface area contributed by atoms with E-state index in [0.717, 1.165) is 5.56 Å². The number of amides is 1. The number of nitrogens with zero attached hydrogens (tertiary/aromatic N) is 1. The Morgan fingerprint density at radius 2 is 2.04 bits per heavy atom. The molecular formula is C20H22FNO3. The zero-order chi connectivity index (χ0) is 17.8. The first-order valence-electron chi connectivity index (χ1n) is 8.43. The van der Waals surface area contributed by atoms with Gasteiger partial charge < -0.3 is 14.7 Å². The smallest absolute Gasteiger partial charge is 0.257 e. The molecule has 0 radical (unpaired) electrons. The Hall–Kier alpha value is -2.40. The van der Waals surface area contributed by atoms with E-state index >= 15 is 0 Å². The molecule has 2 aromatic rings. The molecule has 1 aliphatic heterocycles. The van der Waals surface area contributed by atoms with Crippen molar-refractivity contribution >= 4 is 5.91 Å². The number of hydrogen-bond donors (Lipinski definition) is 1. The third kappa shape index (κ3) is 3.99. The predicted molar refractivity (Wildman–Crippen MR) is 93.1 cm³/mol. The van der Waals surface area contributed by atoms with Crippen LogP contribution in [0.15, 0.2) is 48.5 Å². The van der Waals surface area contributed by atoms with Gasteiger partial charge in [-0.1, -0.05) is 30.3 Å². The molecule has 0 aromatic heterocycles. The fraction of sp³-hybridized carbons (Fsp3) is 0.350. The normalized spacial score (nSPS) is 20.4. The van der Waals surface area contributed by atoms with E-state index in [1.165, 1.54) is 25.3 Å². The van der Waals surface area contributed by atoms with Crippen molar-refractivity contribution in [3.63, 3.8) is 0 Å². The van der Waals surface area contributed by atoms with Gasteiger partial charge in [-0.25, -0.2) is 4.39 Å². The number of ether oxygens (including phenoxy) is 1. The molecule has 0 aliphatic carbocycles. The fourth-order valence-corrected chi connectivity index (χ4v) is 3.34. The molecule has 0 bridgehead atoms. The van der Waals surface area contributed by atoms with E-state index in [0.29, 0.717) is 31.7 Å². The minimum atomic E-state index is -0.470. The summed E-state index contributed by atoms with van der Waals surface area (Å²) < 4.78 is 18.8. The van der Waals surface area contributed by atoms with Gasteiger partial charge in [0.1, 0.15) is 11.6 Å². The van der Waals surface area contributed by atoms with Crippen molar-refractivity contribution in [1.82, 2.24) is 4.90 Å². The zero-order valence-corrected chi connectivity index (χ0v) is 14.2. The molecule has 25 heavy (non-hydrogen) atoms. The van der Waals surface area contributed by atoms with Crippen molar-refractivity contribution in [3.05, 3.63) is 65.5 Å². The fourth-order valence-electron chi connectivity index (χ4n) is 3.34. The van der Waals surface area contributed by atoms with E-state index in [2.05, 4.69) is 0 Å².